The van der Waals surface area contributed by atoms with E-state index in [1.165, 1.54) is 14.2 Å². The fraction of sp³-hybridized carbons (Fsp3) is 0.364. The molecule has 1 aromatic heterocycles. The molecule has 1 N–H and O–H groups in total. The summed E-state index contributed by atoms with van der Waals surface area (Å²) < 4.78 is 16.2. The molecule has 0 atom stereocenters. The van der Waals surface area contributed by atoms with Gasteiger partial charge in [-0.1, -0.05) is 12.1 Å². The van der Waals surface area contributed by atoms with Crippen LogP contribution in [0.5, 0.6) is 17.2 Å². The van der Waals surface area contributed by atoms with E-state index in [2.05, 4.69) is 4.98 Å². The lowest BCUT2D eigenvalue weighted by Gasteiger charge is -2.31. The highest BCUT2D eigenvalue weighted by molar-refractivity contribution is 5.98. The third-order valence-electron chi connectivity index (χ3n) is 5.51. The number of hydrogen-bond acceptors (Lipinski definition) is 5. The highest BCUT2D eigenvalue weighted by Gasteiger charge is 2.29. The van der Waals surface area contributed by atoms with Crippen molar-refractivity contribution in [3.63, 3.8) is 0 Å². The number of rotatable bonds is 5. The number of aromatic amines is 1. The molecule has 1 aliphatic rings. The summed E-state index contributed by atoms with van der Waals surface area (Å²) in [6, 6.07) is 11.5. The predicted octanol–water partition coefficient (Wildman–Crippen LogP) is 3.61. The number of imidazole rings is 1. The molecule has 7 heteroatoms. The lowest BCUT2D eigenvalue weighted by atomic mass is 9.95. The number of methoxy groups -OCH3 is 3. The zero-order valence-electron chi connectivity index (χ0n) is 16.9. The summed E-state index contributed by atoms with van der Waals surface area (Å²) in [4.78, 5) is 23.2. The Balaban J connectivity index is 1.50. The van der Waals surface area contributed by atoms with Gasteiger partial charge in [0.1, 0.15) is 5.82 Å². The number of amides is 1. The molecule has 1 saturated heterocycles. The van der Waals surface area contributed by atoms with Gasteiger partial charge in [0.05, 0.1) is 37.9 Å². The van der Waals surface area contributed by atoms with Crippen molar-refractivity contribution in [1.82, 2.24) is 14.9 Å². The maximum atomic E-state index is 13.2. The molecule has 1 fully saturated rings. The zero-order chi connectivity index (χ0) is 20.4. The molecule has 0 radical (unpaired) electrons. The van der Waals surface area contributed by atoms with E-state index in [0.29, 0.717) is 41.8 Å². The molecule has 0 bridgehead atoms. The number of ether oxygens (including phenoxy) is 3. The Hall–Kier alpha value is -3.22. The zero-order valence-corrected chi connectivity index (χ0v) is 16.9. The lowest BCUT2D eigenvalue weighted by Crippen LogP contribution is -2.38. The number of para-hydroxylation sites is 2. The number of carbonyl (C=O) groups is 1. The van der Waals surface area contributed by atoms with Crippen LogP contribution in [0.1, 0.15) is 34.9 Å². The van der Waals surface area contributed by atoms with Crippen molar-refractivity contribution in [2.24, 2.45) is 0 Å². The number of nitrogens with one attached hydrogen (secondary N) is 1. The number of likely N-dealkylation sites (tertiary alicyclic amines) is 1. The first-order chi connectivity index (χ1) is 14.2. The number of benzene rings is 2. The molecular formula is C22H25N3O4. The normalized spacial score (nSPS) is 14.8. The van der Waals surface area contributed by atoms with Crippen LogP contribution in [-0.2, 0) is 0 Å². The SMILES string of the molecule is COc1ccc(C(=O)N2CCC(c3nc4ccccc4[nH]3)CC2)c(OC)c1OC. The van der Waals surface area contributed by atoms with Gasteiger partial charge in [0, 0.05) is 19.0 Å². The van der Waals surface area contributed by atoms with Gasteiger partial charge >= 0.3 is 0 Å². The molecule has 0 saturated carbocycles. The van der Waals surface area contributed by atoms with E-state index in [1.54, 1.807) is 19.2 Å². The molecule has 2 heterocycles. The third kappa shape index (κ3) is 3.48. The summed E-state index contributed by atoms with van der Waals surface area (Å²) in [6.45, 7) is 1.33. The van der Waals surface area contributed by atoms with E-state index in [9.17, 15) is 4.79 Å². The molecule has 152 valence electrons. The highest BCUT2D eigenvalue weighted by atomic mass is 16.5. The van der Waals surface area contributed by atoms with Gasteiger partial charge in [-0.25, -0.2) is 4.98 Å². The van der Waals surface area contributed by atoms with Crippen molar-refractivity contribution in [3.8, 4) is 17.2 Å². The Morgan fingerprint density at radius 2 is 1.72 bits per heavy atom. The minimum absolute atomic E-state index is 0.0640. The topological polar surface area (TPSA) is 76.7 Å². The summed E-state index contributed by atoms with van der Waals surface area (Å²) in [5.41, 5.74) is 2.51. The molecule has 3 aromatic rings. The number of fused-ring (bicyclic) bond motifs is 1. The maximum absolute atomic E-state index is 13.2. The first kappa shape index (κ1) is 19.1. The van der Waals surface area contributed by atoms with Gasteiger partial charge in [-0.3, -0.25) is 4.79 Å². The van der Waals surface area contributed by atoms with Gasteiger partial charge in [-0.05, 0) is 37.1 Å². The average molecular weight is 395 g/mol. The Morgan fingerprint density at radius 3 is 2.38 bits per heavy atom. The van der Waals surface area contributed by atoms with Crippen LogP contribution < -0.4 is 14.2 Å². The summed E-state index contributed by atoms with van der Waals surface area (Å²) in [5, 5.41) is 0. The van der Waals surface area contributed by atoms with Crippen molar-refractivity contribution in [1.29, 1.82) is 0 Å². The quantitative estimate of drug-likeness (QED) is 0.714. The highest BCUT2D eigenvalue weighted by Crippen LogP contribution is 2.40. The molecule has 1 aliphatic heterocycles. The van der Waals surface area contributed by atoms with Crippen molar-refractivity contribution < 1.29 is 19.0 Å². The maximum Gasteiger partial charge on any atom is 0.257 e. The first-order valence-electron chi connectivity index (χ1n) is 9.69. The van der Waals surface area contributed by atoms with E-state index in [-0.39, 0.29) is 5.91 Å². The number of carbonyl (C=O) groups excluding carboxylic acids is 1. The standard InChI is InChI=1S/C22H25N3O4/c1-27-18-9-8-15(19(28-2)20(18)29-3)22(26)25-12-10-14(11-13-25)21-23-16-6-4-5-7-17(16)24-21/h4-9,14H,10-13H2,1-3H3,(H,23,24). The summed E-state index contributed by atoms with van der Waals surface area (Å²) >= 11 is 0. The van der Waals surface area contributed by atoms with Crippen LogP contribution in [-0.4, -0.2) is 55.2 Å². The summed E-state index contributed by atoms with van der Waals surface area (Å²) in [6.07, 6.45) is 1.72. The molecule has 1 amide bonds. The Labute approximate surface area is 169 Å². The number of H-pyrrole nitrogens is 1. The van der Waals surface area contributed by atoms with E-state index in [1.807, 2.05) is 29.2 Å². The van der Waals surface area contributed by atoms with Crippen LogP contribution in [0.2, 0.25) is 0 Å². The molecule has 29 heavy (non-hydrogen) atoms. The minimum Gasteiger partial charge on any atom is -0.493 e. The lowest BCUT2D eigenvalue weighted by molar-refractivity contribution is 0.0707. The second-order valence-electron chi connectivity index (χ2n) is 7.09. The van der Waals surface area contributed by atoms with Crippen molar-refractivity contribution in [2.45, 2.75) is 18.8 Å². The Kier molecular flexibility index (Phi) is 5.29. The fourth-order valence-corrected chi connectivity index (χ4v) is 3.96. The van der Waals surface area contributed by atoms with Crippen LogP contribution >= 0.6 is 0 Å². The van der Waals surface area contributed by atoms with Crippen LogP contribution in [0.15, 0.2) is 36.4 Å². The van der Waals surface area contributed by atoms with E-state index < -0.39 is 0 Å². The minimum atomic E-state index is -0.0640. The molecule has 2 aromatic carbocycles. The van der Waals surface area contributed by atoms with Gasteiger partial charge in [0.2, 0.25) is 5.75 Å². The smallest absolute Gasteiger partial charge is 0.257 e. The molecule has 0 spiro atoms. The third-order valence-corrected chi connectivity index (χ3v) is 5.51. The summed E-state index contributed by atoms with van der Waals surface area (Å²) in [7, 11) is 4.62. The van der Waals surface area contributed by atoms with Crippen LogP contribution in [0.3, 0.4) is 0 Å². The van der Waals surface area contributed by atoms with E-state index in [0.717, 1.165) is 29.7 Å². The number of piperidine rings is 1. The number of aromatic nitrogens is 2. The number of hydrogen-bond donors (Lipinski definition) is 1. The van der Waals surface area contributed by atoms with Crippen molar-refractivity contribution in [2.75, 3.05) is 34.4 Å². The van der Waals surface area contributed by atoms with Gasteiger partial charge in [-0.15, -0.1) is 0 Å². The molecule has 0 unspecified atom stereocenters. The molecular weight excluding hydrogens is 370 g/mol. The largest absolute Gasteiger partial charge is 0.493 e. The summed E-state index contributed by atoms with van der Waals surface area (Å²) in [5.74, 6) is 2.62. The molecule has 4 rings (SSSR count). The van der Waals surface area contributed by atoms with E-state index in [4.69, 9.17) is 19.2 Å². The fourth-order valence-electron chi connectivity index (χ4n) is 3.96. The monoisotopic (exact) mass is 395 g/mol. The first-order valence-corrected chi connectivity index (χ1v) is 9.69. The van der Waals surface area contributed by atoms with E-state index >= 15 is 0 Å². The van der Waals surface area contributed by atoms with Gasteiger partial charge in [-0.2, -0.15) is 0 Å². The Bertz CT molecular complexity index is 989. The molecule has 7 nitrogen and oxygen atoms in total. The van der Waals surface area contributed by atoms with Gasteiger partial charge in [0.25, 0.3) is 5.91 Å². The van der Waals surface area contributed by atoms with Crippen molar-refractivity contribution in [3.05, 3.63) is 47.8 Å². The second kappa shape index (κ2) is 8.03. The Morgan fingerprint density at radius 1 is 1.00 bits per heavy atom. The van der Waals surface area contributed by atoms with Gasteiger partial charge in [0.15, 0.2) is 11.5 Å². The van der Waals surface area contributed by atoms with Crippen LogP contribution in [0.4, 0.5) is 0 Å². The molecule has 0 aliphatic carbocycles. The van der Waals surface area contributed by atoms with Crippen molar-refractivity contribution >= 4 is 16.9 Å². The second-order valence-corrected chi connectivity index (χ2v) is 7.09. The van der Waals surface area contributed by atoms with Gasteiger partial charge < -0.3 is 24.1 Å². The number of nitrogens with zero attached hydrogens (tertiary/aromatic N) is 2. The average Bonchev–Trinajstić information content (AvgIpc) is 3.21. The predicted molar refractivity (Wildman–Crippen MR) is 110 cm³/mol. The van der Waals surface area contributed by atoms with Crippen LogP contribution in [0.25, 0.3) is 11.0 Å². The van der Waals surface area contributed by atoms with Crippen LogP contribution in [0, 0.1) is 0 Å².